The number of hydrogen-bond donors (Lipinski definition) is 1. The number of nitrogens with zero attached hydrogens (tertiary/aromatic N) is 3. The Morgan fingerprint density at radius 1 is 1.21 bits per heavy atom. The fourth-order valence-electron chi connectivity index (χ4n) is 2.52. The second kappa shape index (κ2) is 8.94. The summed E-state index contributed by atoms with van der Waals surface area (Å²) in [4.78, 5) is 25.3. The monoisotopic (exact) mass is 456 g/mol. The van der Waals surface area contributed by atoms with E-state index in [1.165, 1.54) is 12.1 Å². The smallest absolute Gasteiger partial charge is 0.434 e. The Kier molecular flexibility index (Phi) is 6.56. The first-order valence-electron chi connectivity index (χ1n) is 8.56. The fraction of sp³-hybridized carbons (Fsp3) is 0.278. The number of carbonyl (C=O) groups excluding carboxylic acids is 1. The van der Waals surface area contributed by atoms with Crippen molar-refractivity contribution in [3.63, 3.8) is 0 Å². The van der Waals surface area contributed by atoms with Crippen molar-refractivity contribution in [3.05, 3.63) is 60.9 Å². The van der Waals surface area contributed by atoms with Gasteiger partial charge in [0.25, 0.3) is 0 Å². The van der Waals surface area contributed by atoms with Gasteiger partial charge in [0.05, 0.1) is 10.0 Å². The van der Waals surface area contributed by atoms with Gasteiger partial charge in [-0.15, -0.1) is 10.2 Å². The summed E-state index contributed by atoms with van der Waals surface area (Å²) in [6.07, 6.45) is 0.771. The van der Waals surface area contributed by atoms with Crippen LogP contribution in [0.15, 0.2) is 27.5 Å². The molecule has 152 valence electrons. The van der Waals surface area contributed by atoms with E-state index < -0.39 is 11.5 Å². The molecule has 0 saturated carbocycles. The third-order valence-electron chi connectivity index (χ3n) is 4.23. The van der Waals surface area contributed by atoms with Gasteiger partial charge in [0.15, 0.2) is 10.9 Å². The van der Waals surface area contributed by atoms with Crippen LogP contribution in [0.1, 0.15) is 47.9 Å². The summed E-state index contributed by atoms with van der Waals surface area (Å²) >= 11 is 18.7. The van der Waals surface area contributed by atoms with Crippen LogP contribution in [0.5, 0.6) is 11.6 Å². The minimum absolute atomic E-state index is 0.0961. The third kappa shape index (κ3) is 4.95. The Morgan fingerprint density at radius 3 is 2.48 bits per heavy atom. The summed E-state index contributed by atoms with van der Waals surface area (Å²) in [5.41, 5.74) is 1.30. The van der Waals surface area contributed by atoms with Gasteiger partial charge < -0.3 is 4.74 Å². The van der Waals surface area contributed by atoms with Crippen LogP contribution in [-0.4, -0.2) is 26.1 Å². The number of H-pyrrole nitrogens is 1. The van der Waals surface area contributed by atoms with Crippen molar-refractivity contribution in [2.24, 2.45) is 0 Å². The summed E-state index contributed by atoms with van der Waals surface area (Å²) < 4.78 is 10.0. The highest BCUT2D eigenvalue weighted by Gasteiger charge is 2.18. The molecular formula is C18H15Cl3N4O4. The molecule has 8 nitrogen and oxygen atoms in total. The first-order valence-corrected chi connectivity index (χ1v) is 9.70. The number of hydrogen-bond acceptors (Lipinski definition) is 7. The average molecular weight is 458 g/mol. The summed E-state index contributed by atoms with van der Waals surface area (Å²) in [7, 11) is 0. The van der Waals surface area contributed by atoms with Crippen LogP contribution in [0.4, 0.5) is 0 Å². The second-order valence-corrected chi connectivity index (χ2v) is 7.44. The summed E-state index contributed by atoms with van der Waals surface area (Å²) in [6.45, 7) is 4.05. The molecule has 0 aliphatic rings. The summed E-state index contributed by atoms with van der Waals surface area (Å²) in [5, 5.41) is 11.8. The van der Waals surface area contributed by atoms with Gasteiger partial charge in [-0.1, -0.05) is 53.8 Å². The lowest BCUT2D eigenvalue weighted by Crippen LogP contribution is -2.08. The largest absolute Gasteiger partial charge is 0.439 e. The number of ketones is 1. The van der Waals surface area contributed by atoms with E-state index in [0.29, 0.717) is 10.7 Å². The van der Waals surface area contributed by atoms with Crippen LogP contribution in [0.25, 0.3) is 0 Å². The molecule has 0 radical (unpaired) electrons. The fourth-order valence-corrected chi connectivity index (χ4v) is 3.41. The molecule has 1 N–H and O–H groups in total. The molecule has 11 heteroatoms. The number of Topliss-reactive ketones (excluding diaryl/α,β-unsaturated/α-hetero) is 1. The van der Waals surface area contributed by atoms with Crippen molar-refractivity contribution < 1.29 is 14.1 Å². The number of ether oxygens (including phenoxy) is 1. The molecule has 0 saturated heterocycles. The van der Waals surface area contributed by atoms with Gasteiger partial charge in [-0.05, 0) is 35.6 Å². The predicted octanol–water partition coefficient (Wildman–Crippen LogP) is 4.84. The third-order valence-corrected chi connectivity index (χ3v) is 5.09. The molecule has 2 heterocycles. The number of nitrogens with one attached hydrogen (secondary N) is 1. The molecule has 1 atom stereocenters. The zero-order valence-corrected chi connectivity index (χ0v) is 17.6. The molecule has 3 rings (SSSR count). The van der Waals surface area contributed by atoms with E-state index >= 15 is 0 Å². The highest BCUT2D eigenvalue weighted by Crippen LogP contribution is 2.38. The van der Waals surface area contributed by atoms with Gasteiger partial charge in [0.1, 0.15) is 0 Å². The van der Waals surface area contributed by atoms with Gasteiger partial charge in [0.2, 0.25) is 17.5 Å². The van der Waals surface area contributed by atoms with Gasteiger partial charge >= 0.3 is 5.76 Å². The molecule has 1 unspecified atom stereocenters. The van der Waals surface area contributed by atoms with Crippen LogP contribution >= 0.6 is 34.8 Å². The van der Waals surface area contributed by atoms with Crippen molar-refractivity contribution in [2.75, 3.05) is 0 Å². The molecule has 0 aliphatic carbocycles. The highest BCUT2D eigenvalue weighted by molar-refractivity contribution is 6.37. The number of rotatable bonds is 7. The maximum absolute atomic E-state index is 12.1. The lowest BCUT2D eigenvalue weighted by atomic mass is 10.0. The van der Waals surface area contributed by atoms with Crippen molar-refractivity contribution in [3.8, 4) is 11.6 Å². The number of halogens is 3. The van der Waals surface area contributed by atoms with E-state index in [1.54, 1.807) is 6.07 Å². The first-order chi connectivity index (χ1) is 13.8. The molecule has 0 aliphatic heterocycles. The van der Waals surface area contributed by atoms with Gasteiger partial charge in [-0.25, -0.2) is 4.79 Å². The molecule has 2 aromatic heterocycles. The Balaban J connectivity index is 1.83. The topological polar surface area (TPSA) is 111 Å². The molecule has 3 aromatic rings. The molecule has 0 spiro atoms. The van der Waals surface area contributed by atoms with Crippen molar-refractivity contribution >= 4 is 40.6 Å². The maximum atomic E-state index is 12.1. The van der Waals surface area contributed by atoms with Gasteiger partial charge in [-0.2, -0.15) is 0 Å². The minimum Gasteiger partial charge on any atom is -0.434 e. The van der Waals surface area contributed by atoms with Crippen LogP contribution in [0, 0.1) is 0 Å². The van der Waals surface area contributed by atoms with E-state index in [-0.39, 0.29) is 39.8 Å². The standard InChI is InChI=1S/C18H15Cl3N4O4/c1-3-8(2)10-7-14(23-24-16(10)21)28-15-11(19)4-9(5-12(15)20)6-13(26)17-22-18(27)29-25-17/h4-5,7-8H,3,6H2,1-2H3,(H,22,25,27). The maximum Gasteiger partial charge on any atom is 0.439 e. The molecule has 29 heavy (non-hydrogen) atoms. The highest BCUT2D eigenvalue weighted by atomic mass is 35.5. The molecule has 0 amide bonds. The summed E-state index contributed by atoms with van der Waals surface area (Å²) in [6, 6.07) is 4.74. The number of carbonyl (C=O) groups is 1. The second-order valence-electron chi connectivity index (χ2n) is 6.27. The Hall–Kier alpha value is -2.42. The minimum atomic E-state index is -0.811. The Bertz CT molecular complexity index is 1090. The SMILES string of the molecule is CCC(C)c1cc(Oc2c(Cl)cc(CC(=O)c3noc(=O)[nH]3)cc2Cl)nnc1Cl. The van der Waals surface area contributed by atoms with Crippen LogP contribution in [0.2, 0.25) is 15.2 Å². The number of aromatic nitrogens is 4. The van der Waals surface area contributed by atoms with E-state index in [4.69, 9.17) is 39.5 Å². The molecule has 0 bridgehead atoms. The lowest BCUT2D eigenvalue weighted by Gasteiger charge is -2.13. The molecule has 1 aromatic carbocycles. The van der Waals surface area contributed by atoms with Crippen molar-refractivity contribution in [2.45, 2.75) is 32.6 Å². The zero-order valence-electron chi connectivity index (χ0n) is 15.3. The average Bonchev–Trinajstić information content (AvgIpc) is 3.12. The first kappa shape index (κ1) is 21.3. The Labute approximate surface area is 180 Å². The zero-order chi connectivity index (χ0) is 21.1. The van der Waals surface area contributed by atoms with Crippen LogP contribution in [0.3, 0.4) is 0 Å². The predicted molar refractivity (Wildman–Crippen MR) is 107 cm³/mol. The van der Waals surface area contributed by atoms with E-state index in [9.17, 15) is 9.59 Å². The molecular weight excluding hydrogens is 443 g/mol. The van der Waals surface area contributed by atoms with Crippen molar-refractivity contribution in [1.82, 2.24) is 20.3 Å². The number of aromatic amines is 1. The molecule has 0 fully saturated rings. The van der Waals surface area contributed by atoms with Gasteiger partial charge in [-0.3, -0.25) is 14.3 Å². The lowest BCUT2D eigenvalue weighted by molar-refractivity contribution is 0.0980. The van der Waals surface area contributed by atoms with Crippen molar-refractivity contribution in [1.29, 1.82) is 0 Å². The summed E-state index contributed by atoms with van der Waals surface area (Å²) in [5.74, 6) is -0.921. The Morgan fingerprint density at radius 2 is 1.90 bits per heavy atom. The normalized spacial score (nSPS) is 12.0. The number of benzene rings is 1. The quantitative estimate of drug-likeness (QED) is 0.505. The van der Waals surface area contributed by atoms with E-state index in [2.05, 4.69) is 24.9 Å². The van der Waals surface area contributed by atoms with E-state index in [0.717, 1.165) is 12.0 Å². The van der Waals surface area contributed by atoms with E-state index in [1.807, 2.05) is 13.8 Å². The van der Waals surface area contributed by atoms with Crippen LogP contribution in [-0.2, 0) is 6.42 Å². The van der Waals surface area contributed by atoms with Crippen LogP contribution < -0.4 is 10.5 Å². The van der Waals surface area contributed by atoms with Gasteiger partial charge in [0, 0.05) is 12.5 Å².